The molecule has 3 aromatic rings. The Morgan fingerprint density at radius 3 is 2.76 bits per heavy atom. The van der Waals surface area contributed by atoms with Crippen LogP contribution >= 0.6 is 0 Å². The highest BCUT2D eigenvalue weighted by molar-refractivity contribution is 5.86. The second kappa shape index (κ2) is 8.19. The third kappa shape index (κ3) is 4.09. The molecule has 1 N–H and O–H groups in total. The van der Waals surface area contributed by atoms with E-state index >= 15 is 0 Å². The third-order valence-electron chi connectivity index (χ3n) is 5.54. The lowest BCUT2D eigenvalue weighted by molar-refractivity contribution is -0.121. The Balaban J connectivity index is 1.68. The summed E-state index contributed by atoms with van der Waals surface area (Å²) in [5.41, 5.74) is 3.37. The number of hydrogen-bond donors (Lipinski definition) is 1. The van der Waals surface area contributed by atoms with E-state index in [0.717, 1.165) is 34.6 Å². The lowest BCUT2D eigenvalue weighted by atomic mass is 9.87. The molecule has 5 nitrogen and oxygen atoms in total. The molecule has 5 heteroatoms. The molecule has 0 saturated heterocycles. The molecule has 0 saturated carbocycles. The van der Waals surface area contributed by atoms with Crippen LogP contribution in [0.1, 0.15) is 43.7 Å². The van der Waals surface area contributed by atoms with Crippen LogP contribution in [0, 0.1) is 5.92 Å². The van der Waals surface area contributed by atoms with Gasteiger partial charge >= 0.3 is 0 Å². The number of nitrogens with one attached hydrogen (secondary N) is 1. The van der Waals surface area contributed by atoms with Gasteiger partial charge in [0.1, 0.15) is 0 Å². The first-order valence-corrected chi connectivity index (χ1v) is 10.2. The molecular formula is C24H28N2O3. The van der Waals surface area contributed by atoms with Gasteiger partial charge < -0.3 is 19.4 Å². The maximum Gasteiger partial charge on any atom is 0.231 e. The van der Waals surface area contributed by atoms with Crippen LogP contribution in [0.25, 0.3) is 10.9 Å². The van der Waals surface area contributed by atoms with Crippen molar-refractivity contribution in [3.8, 4) is 11.5 Å². The number of carbonyl (C=O) groups excluding carboxylic acids is 1. The molecule has 0 unspecified atom stereocenters. The van der Waals surface area contributed by atoms with Crippen molar-refractivity contribution < 1.29 is 14.3 Å². The first kappa shape index (κ1) is 19.4. The maximum absolute atomic E-state index is 12.8. The molecule has 2 aromatic carbocycles. The second-order valence-corrected chi connectivity index (χ2v) is 8.11. The molecule has 0 bridgehead atoms. The van der Waals surface area contributed by atoms with Gasteiger partial charge in [-0.1, -0.05) is 38.1 Å². The molecule has 4 rings (SSSR count). The Bertz CT molecular complexity index is 1020. The minimum absolute atomic E-state index is 0.0605. The van der Waals surface area contributed by atoms with Gasteiger partial charge in [0, 0.05) is 43.0 Å². The number of aromatic nitrogens is 1. The second-order valence-electron chi connectivity index (χ2n) is 8.11. The summed E-state index contributed by atoms with van der Waals surface area (Å²) in [4.78, 5) is 12.8. The number of amides is 1. The fourth-order valence-corrected chi connectivity index (χ4v) is 3.95. The molecule has 1 aliphatic heterocycles. The molecule has 1 aliphatic rings. The van der Waals surface area contributed by atoms with Crippen LogP contribution in [0.3, 0.4) is 0 Å². The normalized spacial score (nSPS) is 13.8. The molecular weight excluding hydrogens is 364 g/mol. The van der Waals surface area contributed by atoms with Crippen molar-refractivity contribution in [2.75, 3.05) is 13.3 Å². The van der Waals surface area contributed by atoms with E-state index in [1.807, 2.05) is 37.4 Å². The van der Waals surface area contributed by atoms with E-state index in [1.54, 1.807) is 0 Å². The molecule has 29 heavy (non-hydrogen) atoms. The highest BCUT2D eigenvalue weighted by atomic mass is 16.7. The number of ether oxygens (including phenoxy) is 2. The minimum Gasteiger partial charge on any atom is -0.454 e. The SMILES string of the molecule is CC(C)CCNC(=O)C[C@@H](c1ccc2c(c1)OCO2)c1cn(C)c2ccccc12. The van der Waals surface area contributed by atoms with Gasteiger partial charge in [0.05, 0.1) is 0 Å². The molecule has 0 fully saturated rings. The Morgan fingerprint density at radius 1 is 1.14 bits per heavy atom. The van der Waals surface area contributed by atoms with Crippen LogP contribution in [-0.2, 0) is 11.8 Å². The maximum atomic E-state index is 12.8. The molecule has 2 heterocycles. The first-order valence-electron chi connectivity index (χ1n) is 10.2. The lowest BCUT2D eigenvalue weighted by Crippen LogP contribution is -2.27. The predicted octanol–water partition coefficient (Wildman–Crippen LogP) is 4.59. The molecule has 0 spiro atoms. The van der Waals surface area contributed by atoms with Crippen molar-refractivity contribution in [3.63, 3.8) is 0 Å². The number of benzene rings is 2. The molecule has 1 amide bonds. The van der Waals surface area contributed by atoms with Gasteiger partial charge in [0.15, 0.2) is 11.5 Å². The zero-order valence-electron chi connectivity index (χ0n) is 17.3. The lowest BCUT2D eigenvalue weighted by Gasteiger charge is -2.18. The summed E-state index contributed by atoms with van der Waals surface area (Å²) in [6, 6.07) is 14.3. The smallest absolute Gasteiger partial charge is 0.231 e. The predicted molar refractivity (Wildman–Crippen MR) is 114 cm³/mol. The third-order valence-corrected chi connectivity index (χ3v) is 5.54. The average Bonchev–Trinajstić information content (AvgIpc) is 3.30. The fraction of sp³-hybridized carbons (Fsp3) is 0.375. The van der Waals surface area contributed by atoms with Crippen LogP contribution in [-0.4, -0.2) is 23.8 Å². The Labute approximate surface area is 171 Å². The largest absolute Gasteiger partial charge is 0.454 e. The Morgan fingerprint density at radius 2 is 1.93 bits per heavy atom. The van der Waals surface area contributed by atoms with E-state index in [4.69, 9.17) is 9.47 Å². The quantitative estimate of drug-likeness (QED) is 0.640. The summed E-state index contributed by atoms with van der Waals surface area (Å²) in [5, 5.41) is 4.26. The number of rotatable bonds is 7. The van der Waals surface area contributed by atoms with Crippen LogP contribution < -0.4 is 14.8 Å². The zero-order chi connectivity index (χ0) is 20.4. The monoisotopic (exact) mass is 392 g/mol. The zero-order valence-corrected chi connectivity index (χ0v) is 17.3. The van der Waals surface area contributed by atoms with Gasteiger partial charge in [-0.05, 0) is 41.7 Å². The topological polar surface area (TPSA) is 52.5 Å². The van der Waals surface area contributed by atoms with Crippen molar-refractivity contribution in [2.45, 2.75) is 32.6 Å². The van der Waals surface area contributed by atoms with Gasteiger partial charge in [0.2, 0.25) is 12.7 Å². The summed E-state index contributed by atoms with van der Waals surface area (Å²) < 4.78 is 13.2. The van der Waals surface area contributed by atoms with Crippen molar-refractivity contribution in [1.29, 1.82) is 0 Å². The average molecular weight is 392 g/mol. The van der Waals surface area contributed by atoms with Crippen molar-refractivity contribution >= 4 is 16.8 Å². The number of fused-ring (bicyclic) bond motifs is 2. The molecule has 1 aromatic heterocycles. The van der Waals surface area contributed by atoms with E-state index in [-0.39, 0.29) is 18.6 Å². The number of aryl methyl sites for hydroxylation is 1. The van der Waals surface area contributed by atoms with E-state index in [2.05, 4.69) is 42.1 Å². The van der Waals surface area contributed by atoms with Crippen LogP contribution in [0.15, 0.2) is 48.7 Å². The van der Waals surface area contributed by atoms with Gasteiger partial charge in [-0.2, -0.15) is 0 Å². The van der Waals surface area contributed by atoms with Gasteiger partial charge in [-0.3, -0.25) is 4.79 Å². The van der Waals surface area contributed by atoms with Crippen LogP contribution in [0.5, 0.6) is 11.5 Å². The Hall–Kier alpha value is -2.95. The number of carbonyl (C=O) groups is 1. The summed E-state index contributed by atoms with van der Waals surface area (Å²) in [6.07, 6.45) is 3.52. The summed E-state index contributed by atoms with van der Waals surface area (Å²) in [6.45, 7) is 5.28. The molecule has 0 aliphatic carbocycles. The van der Waals surface area contributed by atoms with Gasteiger partial charge in [-0.25, -0.2) is 0 Å². The summed E-state index contributed by atoms with van der Waals surface area (Å²) in [7, 11) is 2.05. The van der Waals surface area contributed by atoms with Crippen LogP contribution in [0.2, 0.25) is 0 Å². The number of nitrogens with zero attached hydrogens (tertiary/aromatic N) is 1. The fourth-order valence-electron chi connectivity index (χ4n) is 3.95. The van der Waals surface area contributed by atoms with E-state index < -0.39 is 0 Å². The summed E-state index contributed by atoms with van der Waals surface area (Å²) in [5.74, 6) is 2.08. The molecule has 0 radical (unpaired) electrons. The summed E-state index contributed by atoms with van der Waals surface area (Å²) >= 11 is 0. The van der Waals surface area contributed by atoms with Gasteiger partial charge in [-0.15, -0.1) is 0 Å². The van der Waals surface area contributed by atoms with Crippen LogP contribution in [0.4, 0.5) is 0 Å². The highest BCUT2D eigenvalue weighted by Crippen LogP contribution is 2.39. The standard InChI is InChI=1S/C24H28N2O3/c1-16(2)10-11-25-24(27)13-19(17-8-9-22-23(12-17)29-15-28-22)20-14-26(3)21-7-5-4-6-18(20)21/h4-9,12,14,16,19H,10-11,13,15H2,1-3H3,(H,25,27)/t19-/m0/s1. The van der Waals surface area contributed by atoms with E-state index in [0.29, 0.717) is 18.9 Å². The highest BCUT2D eigenvalue weighted by Gasteiger charge is 2.24. The van der Waals surface area contributed by atoms with E-state index in [1.165, 1.54) is 5.39 Å². The molecule has 152 valence electrons. The molecule has 1 atom stereocenters. The van der Waals surface area contributed by atoms with E-state index in [9.17, 15) is 4.79 Å². The minimum atomic E-state index is -0.0605. The first-order chi connectivity index (χ1) is 14.0. The Kier molecular flexibility index (Phi) is 5.47. The van der Waals surface area contributed by atoms with Gasteiger partial charge in [0.25, 0.3) is 0 Å². The van der Waals surface area contributed by atoms with Crippen molar-refractivity contribution in [1.82, 2.24) is 9.88 Å². The number of para-hydroxylation sites is 1. The van der Waals surface area contributed by atoms with Crippen molar-refractivity contribution in [3.05, 3.63) is 59.8 Å². The number of hydrogen-bond acceptors (Lipinski definition) is 3. The van der Waals surface area contributed by atoms with Crippen molar-refractivity contribution in [2.24, 2.45) is 13.0 Å².